The molecule has 0 heterocycles. The van der Waals surface area contributed by atoms with Crippen molar-refractivity contribution in [1.82, 2.24) is 4.90 Å². The Morgan fingerprint density at radius 2 is 1.29 bits per heavy atom. The van der Waals surface area contributed by atoms with Crippen LogP contribution in [-0.4, -0.2) is 52.4 Å². The van der Waals surface area contributed by atoms with Crippen molar-refractivity contribution in [2.45, 2.75) is 124 Å². The van der Waals surface area contributed by atoms with Crippen LogP contribution >= 0.6 is 83.4 Å². The van der Waals surface area contributed by atoms with Crippen molar-refractivity contribution in [3.8, 4) is 0 Å². The summed E-state index contributed by atoms with van der Waals surface area (Å²) >= 11 is 29.9. The molecule has 0 atom stereocenters. The fraction of sp³-hybridized carbons (Fsp3) is 0.840. The summed E-state index contributed by atoms with van der Waals surface area (Å²) in [6.07, 6.45) is 9.88. The van der Waals surface area contributed by atoms with Gasteiger partial charge in [0.25, 0.3) is 0 Å². The number of carbonyl (C=O) groups is 2. The molecule has 2 saturated carbocycles. The van der Waals surface area contributed by atoms with Gasteiger partial charge in [-0.15, -0.1) is 12.4 Å². The van der Waals surface area contributed by atoms with E-state index in [-0.39, 0.29) is 71.7 Å². The van der Waals surface area contributed by atoms with Crippen molar-refractivity contribution in [2.24, 2.45) is 0 Å². The van der Waals surface area contributed by atoms with E-state index in [1.54, 1.807) is 6.92 Å². The molecule has 0 spiro atoms. The third kappa shape index (κ3) is 34.1. The Morgan fingerprint density at radius 1 is 0.974 bits per heavy atom. The third-order valence-electron chi connectivity index (χ3n) is 4.77. The Hall–Kier alpha value is 1.85. The Labute approximate surface area is 299 Å². The number of carboxylic acid groups (broad SMARTS) is 1. The van der Waals surface area contributed by atoms with Crippen LogP contribution in [0, 0.1) is 0 Å². The second-order valence-corrected chi connectivity index (χ2v) is 12.7. The molecule has 0 radical (unpaired) electrons. The van der Waals surface area contributed by atoms with Crippen LogP contribution in [0.5, 0.6) is 0 Å². The number of thiocarbonyl (C=S) groups is 2. The Balaban J connectivity index is -0.0000000606. The first kappa shape index (κ1) is 59.3. The quantitative estimate of drug-likeness (QED) is 0.140. The van der Waals surface area contributed by atoms with E-state index in [4.69, 9.17) is 47.0 Å². The average molecular weight is 708 g/mol. The SMILES string of the molecule is C.C.C.C.CC(=S)[S-].CCN(CC)C(=S)SC1(C(=O)O)CCCCC1.Cl.ClC(Cl)Cl.O=C1CCCCC1.[Na+]. The largest absolute Gasteiger partial charge is 1.00 e. The van der Waals surface area contributed by atoms with Gasteiger partial charge in [0.15, 0.2) is 4.30 Å². The van der Waals surface area contributed by atoms with Crippen LogP contribution in [-0.2, 0) is 22.2 Å². The standard InChI is InChI=1S/C12H21NO2S2.C6H10O.C2H4S2.CHCl3.4CH4.ClH.Na/c1-3-13(4-2)11(16)17-12(10(14)15)8-6-5-7-9-12;7-6-4-2-1-3-5-6;1-2(3)4;2-1(3)4;;;;;;/h3-9H2,1-2H3,(H,14,15);1-5H2;1H3,(H,3,4);1H;4*1H4;1H;/q;;;;;;;;;+1/p-1. The normalized spacial score (nSPS) is 14.1. The summed E-state index contributed by atoms with van der Waals surface area (Å²) in [6, 6.07) is 0. The van der Waals surface area contributed by atoms with Gasteiger partial charge in [0.2, 0.25) is 0 Å². The van der Waals surface area contributed by atoms with Crippen molar-refractivity contribution in [1.29, 1.82) is 0 Å². The number of halogens is 4. The predicted molar refractivity (Wildman–Crippen MR) is 186 cm³/mol. The molecular weight excluding hydrogens is 655 g/mol. The molecule has 0 saturated heterocycles. The smallest absolute Gasteiger partial charge is 0.480 e. The summed E-state index contributed by atoms with van der Waals surface area (Å²) in [4.78, 5) is 24.0. The first-order chi connectivity index (χ1) is 14.9. The fourth-order valence-corrected chi connectivity index (χ4v) is 5.18. The van der Waals surface area contributed by atoms with Gasteiger partial charge in [-0.2, -0.15) is 4.20 Å². The first-order valence-corrected chi connectivity index (χ1v) is 14.1. The van der Waals surface area contributed by atoms with E-state index in [9.17, 15) is 14.7 Å². The van der Waals surface area contributed by atoms with Gasteiger partial charge in [0.05, 0.1) is 0 Å². The van der Waals surface area contributed by atoms with Gasteiger partial charge < -0.3 is 34.9 Å². The monoisotopic (exact) mass is 705 g/mol. The Morgan fingerprint density at radius 3 is 1.53 bits per heavy atom. The summed E-state index contributed by atoms with van der Waals surface area (Å²) in [6.45, 7) is 7.50. The van der Waals surface area contributed by atoms with E-state index < -0.39 is 15.0 Å². The topological polar surface area (TPSA) is 57.6 Å². The zero-order valence-corrected chi connectivity index (χ0v) is 28.8. The van der Waals surface area contributed by atoms with Crippen LogP contribution in [0.3, 0.4) is 0 Å². The molecular formula is C25H52Cl4NNaO3S4. The molecule has 228 valence electrons. The molecule has 2 aliphatic carbocycles. The van der Waals surface area contributed by atoms with Crippen LogP contribution < -0.4 is 29.6 Å². The molecule has 4 nitrogen and oxygen atoms in total. The summed E-state index contributed by atoms with van der Waals surface area (Å²) in [5.41, 5.74) is 0. The third-order valence-corrected chi connectivity index (χ3v) is 6.68. The van der Waals surface area contributed by atoms with Crippen molar-refractivity contribution >= 4 is 116 Å². The number of thioether (sulfide) groups is 1. The molecule has 1 N–H and O–H groups in total. The summed E-state index contributed by atoms with van der Waals surface area (Å²) in [7, 11) is 0. The molecule has 38 heavy (non-hydrogen) atoms. The maximum absolute atomic E-state index is 11.5. The maximum atomic E-state index is 11.5. The van der Waals surface area contributed by atoms with Crippen molar-refractivity contribution in [3.63, 3.8) is 0 Å². The van der Waals surface area contributed by atoms with Crippen molar-refractivity contribution < 1.29 is 44.3 Å². The van der Waals surface area contributed by atoms with Crippen LogP contribution in [0.15, 0.2) is 0 Å². The van der Waals surface area contributed by atoms with Gasteiger partial charge in [0.1, 0.15) is 14.9 Å². The molecule has 2 fully saturated rings. The molecule has 2 aliphatic rings. The number of carbonyl (C=O) groups excluding carboxylic acids is 1. The van der Waals surface area contributed by atoms with E-state index >= 15 is 0 Å². The number of ketones is 1. The van der Waals surface area contributed by atoms with E-state index in [0.29, 0.717) is 9.98 Å². The summed E-state index contributed by atoms with van der Waals surface area (Å²) < 4.78 is -0.0999. The van der Waals surface area contributed by atoms with Crippen LogP contribution in [0.4, 0.5) is 0 Å². The zero-order valence-electron chi connectivity index (χ0n) is 20.4. The molecule has 2 rings (SSSR count). The first-order valence-electron chi connectivity index (χ1n) is 10.7. The van der Waals surface area contributed by atoms with Gasteiger partial charge in [-0.25, -0.2) is 0 Å². The van der Waals surface area contributed by atoms with E-state index in [1.165, 1.54) is 18.2 Å². The number of nitrogens with zero attached hydrogens (tertiary/aromatic N) is 1. The summed E-state index contributed by atoms with van der Waals surface area (Å²) in [5.74, 6) is -0.233. The molecule has 0 aliphatic heterocycles. The van der Waals surface area contributed by atoms with Crippen molar-refractivity contribution in [2.75, 3.05) is 13.1 Å². The van der Waals surface area contributed by atoms with E-state index in [0.717, 1.165) is 75.2 Å². The van der Waals surface area contributed by atoms with Crippen LogP contribution in [0.1, 0.15) is 115 Å². The number of rotatable bonds is 4. The van der Waals surface area contributed by atoms with Gasteiger partial charge in [-0.1, -0.05) is 121 Å². The molecule has 0 aromatic heterocycles. The minimum Gasteiger partial charge on any atom is -0.480 e. The summed E-state index contributed by atoms with van der Waals surface area (Å²) in [5, 5.41) is 9.47. The van der Waals surface area contributed by atoms with Gasteiger partial charge in [-0.3, -0.25) is 9.59 Å². The van der Waals surface area contributed by atoms with Gasteiger partial charge in [-0.05, 0) is 39.5 Å². The molecule has 0 amide bonds. The maximum Gasteiger partial charge on any atom is 1.00 e. The number of alkyl halides is 3. The number of aliphatic carboxylic acids is 1. The predicted octanol–water partition coefficient (Wildman–Crippen LogP) is 7.49. The molecule has 0 bridgehead atoms. The zero-order chi connectivity index (χ0) is 25.2. The van der Waals surface area contributed by atoms with Crippen LogP contribution in [0.2, 0.25) is 0 Å². The van der Waals surface area contributed by atoms with E-state index in [2.05, 4.69) is 29.7 Å². The molecule has 0 unspecified atom stereocenters. The minimum absolute atomic E-state index is 0. The van der Waals surface area contributed by atoms with Gasteiger partial charge >= 0.3 is 35.5 Å². The number of hydrogen-bond acceptors (Lipinski definition) is 6. The molecule has 0 aromatic rings. The second kappa shape index (κ2) is 36.9. The number of hydrogen-bond donors (Lipinski definition) is 1. The minimum atomic E-state index is -0.750. The Bertz CT molecular complexity index is 568. The molecule has 0 aromatic carbocycles. The van der Waals surface area contributed by atoms with Crippen LogP contribution in [0.25, 0.3) is 0 Å². The second-order valence-electron chi connectivity index (χ2n) is 7.24. The van der Waals surface area contributed by atoms with E-state index in [1.807, 2.05) is 13.8 Å². The molecule has 13 heteroatoms. The van der Waals surface area contributed by atoms with Crippen molar-refractivity contribution in [3.05, 3.63) is 0 Å². The number of Topliss-reactive ketones (excluding diaryl/α,β-unsaturated/α-hetero) is 1. The Kier molecular flexibility index (Phi) is 57.5. The average Bonchev–Trinajstić information content (AvgIpc) is 2.70. The number of carboxylic acids is 1. The fourth-order valence-electron chi connectivity index (χ4n) is 3.14. The van der Waals surface area contributed by atoms with Gasteiger partial charge in [0, 0.05) is 25.9 Å².